The Bertz CT molecular complexity index is 796. The highest BCUT2D eigenvalue weighted by Crippen LogP contribution is 2.47. The maximum Gasteiger partial charge on any atom is 0.191 e. The van der Waals surface area contributed by atoms with E-state index in [1.807, 2.05) is 7.05 Å². The van der Waals surface area contributed by atoms with Crippen molar-refractivity contribution in [2.24, 2.45) is 4.99 Å². The molecule has 0 aromatic heterocycles. The lowest BCUT2D eigenvalue weighted by molar-refractivity contribution is 0.645. The van der Waals surface area contributed by atoms with Gasteiger partial charge in [-0.1, -0.05) is 54.6 Å². The summed E-state index contributed by atoms with van der Waals surface area (Å²) in [6, 6.07) is 19.6. The molecule has 0 spiro atoms. The van der Waals surface area contributed by atoms with Gasteiger partial charge in [0.2, 0.25) is 0 Å². The Kier molecular flexibility index (Phi) is 5.14. The van der Waals surface area contributed by atoms with E-state index in [9.17, 15) is 0 Å². The van der Waals surface area contributed by atoms with Crippen molar-refractivity contribution in [1.82, 2.24) is 10.6 Å². The van der Waals surface area contributed by atoms with Crippen molar-refractivity contribution in [3.63, 3.8) is 0 Å². The predicted molar refractivity (Wildman–Crippen MR) is 113 cm³/mol. The highest BCUT2D eigenvalue weighted by Gasteiger charge is 2.43. The van der Waals surface area contributed by atoms with Crippen LogP contribution >= 0.6 is 0 Å². The molecule has 4 nitrogen and oxygen atoms in total. The lowest BCUT2D eigenvalue weighted by Crippen LogP contribution is -2.40. The van der Waals surface area contributed by atoms with Crippen molar-refractivity contribution >= 4 is 11.6 Å². The summed E-state index contributed by atoms with van der Waals surface area (Å²) in [5.74, 6) is 0.866. The third-order valence-electron chi connectivity index (χ3n) is 5.64. The molecule has 4 heteroatoms. The van der Waals surface area contributed by atoms with Gasteiger partial charge in [-0.15, -0.1) is 0 Å². The summed E-state index contributed by atoms with van der Waals surface area (Å²) in [6.45, 7) is 3.72. The zero-order valence-electron chi connectivity index (χ0n) is 16.0. The molecule has 1 aliphatic carbocycles. The highest BCUT2D eigenvalue weighted by atomic mass is 15.2. The van der Waals surface area contributed by atoms with Gasteiger partial charge < -0.3 is 15.5 Å². The van der Waals surface area contributed by atoms with Crippen molar-refractivity contribution < 1.29 is 0 Å². The van der Waals surface area contributed by atoms with Gasteiger partial charge in [-0.2, -0.15) is 0 Å². The van der Waals surface area contributed by atoms with Crippen LogP contribution in [-0.2, 0) is 12.0 Å². The summed E-state index contributed by atoms with van der Waals surface area (Å²) in [4.78, 5) is 6.74. The Labute approximate surface area is 162 Å². The number of hydrogen-bond acceptors (Lipinski definition) is 2. The van der Waals surface area contributed by atoms with Crippen LogP contribution in [0, 0.1) is 0 Å². The van der Waals surface area contributed by atoms with Crippen LogP contribution in [0.1, 0.15) is 24.0 Å². The van der Waals surface area contributed by atoms with Gasteiger partial charge in [0, 0.05) is 44.3 Å². The fourth-order valence-corrected chi connectivity index (χ4v) is 3.68. The molecule has 0 amide bonds. The summed E-state index contributed by atoms with van der Waals surface area (Å²) >= 11 is 0. The summed E-state index contributed by atoms with van der Waals surface area (Å²) < 4.78 is 0. The molecule has 2 aromatic rings. The van der Waals surface area contributed by atoms with Crippen molar-refractivity contribution in [2.45, 2.75) is 24.8 Å². The third-order valence-corrected chi connectivity index (χ3v) is 5.64. The molecule has 1 heterocycles. The molecule has 1 saturated carbocycles. The summed E-state index contributed by atoms with van der Waals surface area (Å²) in [5.41, 5.74) is 4.26. The van der Waals surface area contributed by atoms with Crippen LogP contribution in [0.3, 0.4) is 0 Å². The van der Waals surface area contributed by atoms with Crippen LogP contribution < -0.4 is 15.5 Å². The number of guanidine groups is 1. The van der Waals surface area contributed by atoms with Crippen LogP contribution in [0.25, 0.3) is 0 Å². The summed E-state index contributed by atoms with van der Waals surface area (Å²) in [5, 5.41) is 6.96. The van der Waals surface area contributed by atoms with Crippen LogP contribution in [-0.4, -0.2) is 32.6 Å². The summed E-state index contributed by atoms with van der Waals surface area (Å²) in [7, 11) is 1.83. The number of nitrogens with zero attached hydrogens (tertiary/aromatic N) is 2. The van der Waals surface area contributed by atoms with Crippen LogP contribution in [0.5, 0.6) is 0 Å². The van der Waals surface area contributed by atoms with E-state index in [1.54, 1.807) is 0 Å². The average molecular weight is 361 g/mol. The van der Waals surface area contributed by atoms with E-state index < -0.39 is 0 Å². The largest absolute Gasteiger partial charge is 0.364 e. The Morgan fingerprint density at radius 3 is 2.30 bits per heavy atom. The van der Waals surface area contributed by atoms with Crippen molar-refractivity contribution in [3.8, 4) is 0 Å². The number of rotatable bonds is 6. The first kappa shape index (κ1) is 17.7. The molecular formula is C23H28N4. The van der Waals surface area contributed by atoms with E-state index in [1.165, 1.54) is 29.7 Å². The number of benzene rings is 2. The molecule has 1 fully saturated rings. The molecule has 2 aliphatic rings. The first-order chi connectivity index (χ1) is 13.3. The van der Waals surface area contributed by atoms with E-state index in [0.29, 0.717) is 0 Å². The molecule has 0 atom stereocenters. The Hall–Kier alpha value is -2.75. The topological polar surface area (TPSA) is 39.7 Å². The molecule has 0 unspecified atom stereocenters. The molecule has 0 radical (unpaired) electrons. The third kappa shape index (κ3) is 4.16. The minimum absolute atomic E-state index is 0.282. The minimum Gasteiger partial charge on any atom is -0.364 e. The van der Waals surface area contributed by atoms with E-state index >= 15 is 0 Å². The standard InChI is InChI=1S/C23H28N4/c1-24-22(26-18-23(13-14-23)20-7-3-2-4-8-20)25-17-19-9-11-21(12-10-19)27-15-5-6-16-27/h2-12H,13-18H2,1H3,(H2,24,25,26). The molecule has 27 heavy (non-hydrogen) atoms. The molecule has 140 valence electrons. The van der Waals surface area contributed by atoms with Crippen LogP contribution in [0.15, 0.2) is 71.7 Å². The lowest BCUT2D eigenvalue weighted by Gasteiger charge is -2.20. The van der Waals surface area contributed by atoms with Gasteiger partial charge in [0.25, 0.3) is 0 Å². The van der Waals surface area contributed by atoms with Gasteiger partial charge in [-0.3, -0.25) is 4.99 Å². The molecule has 4 rings (SSSR count). The maximum absolute atomic E-state index is 4.39. The smallest absolute Gasteiger partial charge is 0.191 e. The number of aliphatic imine (C=N–C) groups is 1. The number of hydrogen-bond donors (Lipinski definition) is 2. The average Bonchev–Trinajstić information content (AvgIpc) is 3.32. The lowest BCUT2D eigenvalue weighted by atomic mass is 9.96. The molecule has 2 N–H and O–H groups in total. The second-order valence-electron chi connectivity index (χ2n) is 7.47. The van der Waals surface area contributed by atoms with Gasteiger partial charge in [0.05, 0.1) is 0 Å². The monoisotopic (exact) mass is 360 g/mol. The molecule has 1 aliphatic heterocycles. The molecule has 0 saturated heterocycles. The van der Waals surface area contributed by atoms with E-state index in [4.69, 9.17) is 0 Å². The Balaban J connectivity index is 1.28. The second-order valence-corrected chi connectivity index (χ2v) is 7.47. The van der Waals surface area contributed by atoms with Crippen molar-refractivity contribution in [1.29, 1.82) is 0 Å². The maximum atomic E-state index is 4.39. The van der Waals surface area contributed by atoms with Crippen molar-refractivity contribution in [2.75, 3.05) is 31.6 Å². The molecule has 2 aromatic carbocycles. The van der Waals surface area contributed by atoms with Gasteiger partial charge in [0.1, 0.15) is 0 Å². The number of anilines is 1. The van der Waals surface area contributed by atoms with E-state index in [2.05, 4.69) is 87.3 Å². The fourth-order valence-electron chi connectivity index (χ4n) is 3.68. The quantitative estimate of drug-likeness (QED) is 0.471. The van der Waals surface area contributed by atoms with Gasteiger partial charge in [0.15, 0.2) is 5.96 Å². The first-order valence-electron chi connectivity index (χ1n) is 9.78. The van der Waals surface area contributed by atoms with Gasteiger partial charge in [-0.05, 0) is 36.1 Å². The number of nitrogens with one attached hydrogen (secondary N) is 2. The predicted octanol–water partition coefficient (Wildman–Crippen LogP) is 3.46. The fraction of sp³-hybridized carbons (Fsp3) is 0.348. The zero-order valence-corrected chi connectivity index (χ0v) is 16.0. The SMILES string of the molecule is CN=C(NCc1ccc(N2CC=CC2)cc1)NCC1(c2ccccc2)CC1. The van der Waals surface area contributed by atoms with Crippen LogP contribution in [0.2, 0.25) is 0 Å². The second kappa shape index (κ2) is 7.87. The van der Waals surface area contributed by atoms with E-state index in [0.717, 1.165) is 32.1 Å². The zero-order chi connectivity index (χ0) is 18.5. The Morgan fingerprint density at radius 1 is 0.963 bits per heavy atom. The van der Waals surface area contributed by atoms with Gasteiger partial charge in [-0.25, -0.2) is 0 Å². The Morgan fingerprint density at radius 2 is 1.67 bits per heavy atom. The molecule has 0 bridgehead atoms. The normalized spacial score (nSPS) is 17.8. The van der Waals surface area contributed by atoms with Gasteiger partial charge >= 0.3 is 0 Å². The van der Waals surface area contributed by atoms with E-state index in [-0.39, 0.29) is 5.41 Å². The summed E-state index contributed by atoms with van der Waals surface area (Å²) in [6.07, 6.45) is 6.92. The molecular weight excluding hydrogens is 332 g/mol. The first-order valence-corrected chi connectivity index (χ1v) is 9.78. The minimum atomic E-state index is 0.282. The highest BCUT2D eigenvalue weighted by molar-refractivity contribution is 5.79. The van der Waals surface area contributed by atoms with Crippen molar-refractivity contribution in [3.05, 3.63) is 77.9 Å². The van der Waals surface area contributed by atoms with Crippen LogP contribution in [0.4, 0.5) is 5.69 Å².